The minimum atomic E-state index is -3.60. The van der Waals surface area contributed by atoms with Crippen molar-refractivity contribution >= 4 is 26.0 Å². The van der Waals surface area contributed by atoms with Crippen molar-refractivity contribution in [3.8, 4) is 0 Å². The molecule has 0 bridgehead atoms. The van der Waals surface area contributed by atoms with Crippen molar-refractivity contribution < 1.29 is 22.1 Å². The normalized spacial score (nSPS) is 28.8. The van der Waals surface area contributed by atoms with Crippen LogP contribution in [0.15, 0.2) is 59.1 Å². The number of hydroxylamine groups is 3. The molecule has 3 rings (SSSR count). The maximum absolute atomic E-state index is 11.9. The van der Waals surface area contributed by atoms with E-state index in [-0.39, 0.29) is 22.6 Å². The number of nitrogens with zero attached hydrogens (tertiary/aromatic N) is 1. The van der Waals surface area contributed by atoms with Crippen LogP contribution >= 0.6 is 15.9 Å². The van der Waals surface area contributed by atoms with Gasteiger partial charge in [0.1, 0.15) is 20.1 Å². The molecule has 1 aliphatic heterocycles. The molecule has 0 amide bonds. The van der Waals surface area contributed by atoms with Gasteiger partial charge in [0.15, 0.2) is 0 Å². The van der Waals surface area contributed by atoms with Crippen LogP contribution in [-0.4, -0.2) is 52.7 Å². The Morgan fingerprint density at radius 3 is 2.15 bits per heavy atom. The van der Waals surface area contributed by atoms with E-state index in [1.54, 1.807) is 7.11 Å². The highest BCUT2D eigenvalue weighted by molar-refractivity contribution is 9.10. The lowest BCUT2D eigenvalue weighted by molar-refractivity contribution is -1.07. The lowest BCUT2D eigenvalue weighted by atomic mass is 9.78. The van der Waals surface area contributed by atoms with Crippen molar-refractivity contribution in [2.24, 2.45) is 0 Å². The summed E-state index contributed by atoms with van der Waals surface area (Å²) >= 11 is 3.53. The highest BCUT2D eigenvalue weighted by Gasteiger charge is 2.48. The first-order valence-electron chi connectivity index (χ1n) is 8.80. The van der Waals surface area contributed by atoms with Gasteiger partial charge in [-0.3, -0.25) is 0 Å². The fourth-order valence-electron chi connectivity index (χ4n) is 4.14. The van der Waals surface area contributed by atoms with Gasteiger partial charge in [0.25, 0.3) is 0 Å². The molecule has 7 heteroatoms. The average Bonchev–Trinajstić information content (AvgIpc) is 2.60. The lowest BCUT2D eigenvalue weighted by Crippen LogP contribution is -2.58. The van der Waals surface area contributed by atoms with E-state index >= 15 is 0 Å². The van der Waals surface area contributed by atoms with Crippen molar-refractivity contribution in [3.63, 3.8) is 0 Å². The van der Waals surface area contributed by atoms with E-state index < -0.39 is 10.1 Å². The molecule has 0 spiro atoms. The van der Waals surface area contributed by atoms with Crippen LogP contribution in [0.25, 0.3) is 0 Å². The summed E-state index contributed by atoms with van der Waals surface area (Å²) in [6.45, 7) is 1.02. The van der Waals surface area contributed by atoms with Gasteiger partial charge in [-0.25, -0.2) is 0 Å². The summed E-state index contributed by atoms with van der Waals surface area (Å²) in [5.41, 5.74) is 2.21. The van der Waals surface area contributed by atoms with E-state index in [0.717, 1.165) is 21.9 Å². The first-order chi connectivity index (χ1) is 12.7. The second kappa shape index (κ2) is 8.01. The minimum absolute atomic E-state index is 0.000631. The van der Waals surface area contributed by atoms with Crippen LogP contribution in [0, 0.1) is 0 Å². The number of benzene rings is 2. The Hall–Kier alpha value is -1.25. The van der Waals surface area contributed by atoms with E-state index in [4.69, 9.17) is 9.02 Å². The summed E-state index contributed by atoms with van der Waals surface area (Å²) < 4.78 is 36.3. The second-order valence-corrected chi connectivity index (χ2v) is 9.79. The summed E-state index contributed by atoms with van der Waals surface area (Å²) in [6, 6.07) is 18.2. The summed E-state index contributed by atoms with van der Waals surface area (Å²) in [6.07, 6.45) is 1.01. The Bertz CT molecular complexity index is 890. The smallest absolute Gasteiger partial charge is 0.311 e. The molecule has 0 aliphatic carbocycles. The van der Waals surface area contributed by atoms with Gasteiger partial charge < -0.3 is 4.74 Å². The molecule has 27 heavy (non-hydrogen) atoms. The number of likely N-dealkylation sites (N-methyl/N-ethyl adjacent to an activating group) is 1. The van der Waals surface area contributed by atoms with Gasteiger partial charge in [-0.2, -0.15) is 13.1 Å². The second-order valence-electron chi connectivity index (χ2n) is 7.32. The number of quaternary nitrogens is 1. The summed E-state index contributed by atoms with van der Waals surface area (Å²) in [7, 11) is -0.0555. The third-order valence-corrected chi connectivity index (χ3v) is 6.17. The van der Waals surface area contributed by atoms with Crippen LogP contribution in [0.4, 0.5) is 0 Å². The number of hydrogen-bond donors (Lipinski definition) is 0. The number of ether oxygens (including phenoxy) is 1. The van der Waals surface area contributed by atoms with Gasteiger partial charge >= 0.3 is 10.1 Å². The molecule has 0 N–H and O–H groups in total. The third kappa shape index (κ3) is 4.97. The molecular formula is C20H25BrNO4S+. The molecule has 4 unspecified atom stereocenters. The van der Waals surface area contributed by atoms with Gasteiger partial charge in [0.2, 0.25) is 0 Å². The quantitative estimate of drug-likeness (QED) is 0.646. The van der Waals surface area contributed by atoms with Crippen LogP contribution in [0.1, 0.15) is 23.0 Å². The molecule has 0 aromatic heterocycles. The zero-order valence-corrected chi connectivity index (χ0v) is 18.1. The Labute approximate surface area is 169 Å². The van der Waals surface area contributed by atoms with E-state index in [2.05, 4.69) is 40.2 Å². The van der Waals surface area contributed by atoms with Crippen molar-refractivity contribution in [1.29, 1.82) is 0 Å². The van der Waals surface area contributed by atoms with Crippen LogP contribution < -0.4 is 0 Å². The molecule has 0 saturated carbocycles. The van der Waals surface area contributed by atoms with E-state index in [1.165, 1.54) is 0 Å². The first kappa shape index (κ1) is 20.5. The number of likely N-dealkylation sites (tertiary alicyclic amines) is 1. The summed E-state index contributed by atoms with van der Waals surface area (Å²) in [5, 5.41) is 0. The van der Waals surface area contributed by atoms with Crippen molar-refractivity contribution in [1.82, 2.24) is 0 Å². The first-order valence-corrected chi connectivity index (χ1v) is 11.4. The molecular weight excluding hydrogens is 430 g/mol. The third-order valence-electron chi connectivity index (χ3n) is 5.05. The van der Waals surface area contributed by atoms with Crippen molar-refractivity contribution in [2.45, 2.75) is 17.9 Å². The van der Waals surface area contributed by atoms with Gasteiger partial charge in [-0.1, -0.05) is 62.7 Å². The summed E-state index contributed by atoms with van der Waals surface area (Å²) in [5.74, 6) is -0.0149. The number of methoxy groups -OCH3 is 1. The molecule has 1 heterocycles. The maximum atomic E-state index is 11.9. The SMILES string of the molecule is COC1C(c2ccccc2)C[N+](C)(OS(C)(=O)=O)CC1c1cccc(Br)c1. The van der Waals surface area contributed by atoms with Gasteiger partial charge in [-0.05, 0) is 23.3 Å². The Balaban J connectivity index is 2.07. The number of piperidine rings is 1. The highest BCUT2D eigenvalue weighted by Crippen LogP contribution is 2.41. The standard InChI is InChI=1S/C20H25BrNO4S/c1-22(26-27(3,23)24)13-18(15-8-5-4-6-9-15)20(25-2)19(14-22)16-10-7-11-17(21)12-16/h4-12,18-20H,13-14H2,1-3H3/q+1. The molecule has 2 aromatic rings. The molecule has 5 nitrogen and oxygen atoms in total. The lowest BCUT2D eigenvalue weighted by Gasteiger charge is -2.45. The Morgan fingerprint density at radius 2 is 1.59 bits per heavy atom. The molecule has 4 atom stereocenters. The molecule has 1 fully saturated rings. The molecule has 146 valence electrons. The van der Waals surface area contributed by atoms with Crippen LogP contribution in [0.2, 0.25) is 0 Å². The topological polar surface area (TPSA) is 52.6 Å². The Morgan fingerprint density at radius 1 is 1.00 bits per heavy atom. The zero-order valence-electron chi connectivity index (χ0n) is 15.7. The predicted molar refractivity (Wildman–Crippen MR) is 109 cm³/mol. The van der Waals surface area contributed by atoms with Crippen molar-refractivity contribution in [3.05, 3.63) is 70.2 Å². The number of halogens is 1. The summed E-state index contributed by atoms with van der Waals surface area (Å²) in [4.78, 5) is 0. The average molecular weight is 455 g/mol. The van der Waals surface area contributed by atoms with E-state index in [1.807, 2.05) is 37.4 Å². The van der Waals surface area contributed by atoms with Gasteiger partial charge in [0, 0.05) is 11.6 Å². The maximum Gasteiger partial charge on any atom is 0.311 e. The monoisotopic (exact) mass is 454 g/mol. The highest BCUT2D eigenvalue weighted by atomic mass is 79.9. The number of rotatable bonds is 5. The van der Waals surface area contributed by atoms with Crippen LogP contribution in [0.3, 0.4) is 0 Å². The molecule has 1 aliphatic rings. The minimum Gasteiger partial charge on any atom is -0.380 e. The number of hydrogen-bond acceptors (Lipinski definition) is 4. The fraction of sp³-hybridized carbons (Fsp3) is 0.400. The molecule has 0 radical (unpaired) electrons. The van der Waals surface area contributed by atoms with Crippen LogP contribution in [-0.2, 0) is 19.1 Å². The molecule has 1 saturated heterocycles. The predicted octanol–water partition coefficient (Wildman–Crippen LogP) is 3.68. The van der Waals surface area contributed by atoms with Gasteiger partial charge in [0.05, 0.1) is 24.2 Å². The van der Waals surface area contributed by atoms with E-state index in [9.17, 15) is 8.42 Å². The largest absolute Gasteiger partial charge is 0.380 e. The van der Waals surface area contributed by atoms with Crippen molar-refractivity contribution in [2.75, 3.05) is 33.5 Å². The molecule has 2 aromatic carbocycles. The zero-order chi connectivity index (χ0) is 19.7. The van der Waals surface area contributed by atoms with E-state index in [0.29, 0.717) is 13.1 Å². The van der Waals surface area contributed by atoms with Crippen LogP contribution in [0.5, 0.6) is 0 Å². The van der Waals surface area contributed by atoms with Gasteiger partial charge in [-0.15, -0.1) is 0 Å². The fourth-order valence-corrected chi connectivity index (χ4v) is 5.33. The Kier molecular flexibility index (Phi) is 6.08.